The van der Waals surface area contributed by atoms with Gasteiger partial charge < -0.3 is 9.64 Å². The molecule has 70 valence electrons. The van der Waals surface area contributed by atoms with E-state index in [2.05, 4.69) is 11.8 Å². The lowest BCUT2D eigenvalue weighted by molar-refractivity contribution is 0.0702. The molecule has 0 amide bonds. The number of piperidine rings is 1. The third kappa shape index (κ3) is 3.26. The van der Waals surface area contributed by atoms with Gasteiger partial charge in [0.2, 0.25) is 0 Å². The van der Waals surface area contributed by atoms with E-state index in [1.165, 1.54) is 0 Å². The molecule has 0 aromatic heterocycles. The van der Waals surface area contributed by atoms with E-state index in [1.54, 1.807) is 22.6 Å². The average molecular weight is 283 g/mol. The minimum atomic E-state index is -0.178. The molecule has 0 aromatic rings. The molecule has 0 radical (unpaired) electrons. The Morgan fingerprint density at radius 2 is 2.17 bits per heavy atom. The van der Waals surface area contributed by atoms with Gasteiger partial charge in [-0.1, -0.05) is 6.92 Å². The van der Waals surface area contributed by atoms with E-state index in [-0.39, 0.29) is 10.1 Å². The largest absolute Gasteiger partial charge is 0.455 e. The monoisotopic (exact) mass is 283 g/mol. The van der Waals surface area contributed by atoms with Crippen LogP contribution in [0.4, 0.5) is 4.79 Å². The highest BCUT2D eigenvalue weighted by Gasteiger charge is 2.19. The van der Waals surface area contributed by atoms with Gasteiger partial charge in [-0.3, -0.25) is 0 Å². The van der Waals surface area contributed by atoms with Crippen molar-refractivity contribution in [3.05, 3.63) is 0 Å². The molecule has 0 N–H and O–H groups in total. The van der Waals surface area contributed by atoms with Crippen molar-refractivity contribution in [1.29, 1.82) is 0 Å². The molecule has 4 heteroatoms. The van der Waals surface area contributed by atoms with E-state index in [0.717, 1.165) is 32.5 Å². The van der Waals surface area contributed by atoms with Crippen LogP contribution in [0.1, 0.15) is 19.8 Å². The van der Waals surface area contributed by atoms with E-state index in [0.29, 0.717) is 0 Å². The van der Waals surface area contributed by atoms with E-state index in [4.69, 9.17) is 4.74 Å². The maximum atomic E-state index is 10.6. The number of ether oxygens (including phenoxy) is 1. The van der Waals surface area contributed by atoms with Crippen molar-refractivity contribution in [3.63, 3.8) is 0 Å². The predicted molar refractivity (Wildman–Crippen MR) is 55.6 cm³/mol. The van der Waals surface area contributed by atoms with Crippen LogP contribution in [0, 0.1) is 0 Å². The zero-order valence-corrected chi connectivity index (χ0v) is 9.41. The third-order valence-corrected chi connectivity index (χ3v) is 2.50. The predicted octanol–water partition coefficient (Wildman–Crippen LogP) is 2.04. The summed E-state index contributed by atoms with van der Waals surface area (Å²) in [7, 11) is 0. The van der Waals surface area contributed by atoms with E-state index in [9.17, 15) is 4.79 Å². The normalized spacial score (nSPS) is 20.8. The van der Waals surface area contributed by atoms with Crippen LogP contribution >= 0.6 is 22.6 Å². The molecular formula is C8H14INO2. The molecule has 1 fully saturated rings. The Morgan fingerprint density at radius 3 is 2.58 bits per heavy atom. The summed E-state index contributed by atoms with van der Waals surface area (Å²) in [5, 5.41) is 0. The number of carbonyl (C=O) groups excluding carboxylic acids is 1. The fraction of sp³-hybridized carbons (Fsp3) is 0.875. The molecule has 1 heterocycles. The standard InChI is InChI=1S/C8H14INO2/c1-2-10-5-3-7(4-6-10)12-8(9)11/h7H,2-6H2,1H3. The van der Waals surface area contributed by atoms with E-state index < -0.39 is 0 Å². The Kier molecular flexibility index (Phi) is 4.28. The molecule has 3 nitrogen and oxygen atoms in total. The van der Waals surface area contributed by atoms with Gasteiger partial charge in [-0.05, 0) is 19.4 Å². The van der Waals surface area contributed by atoms with Gasteiger partial charge in [-0.15, -0.1) is 0 Å². The lowest BCUT2D eigenvalue weighted by Gasteiger charge is -2.30. The Hall–Kier alpha value is 0.160. The third-order valence-electron chi connectivity index (χ3n) is 2.24. The van der Waals surface area contributed by atoms with Gasteiger partial charge >= 0.3 is 3.98 Å². The molecule has 1 saturated heterocycles. The highest BCUT2D eigenvalue weighted by atomic mass is 127. The Morgan fingerprint density at radius 1 is 1.58 bits per heavy atom. The summed E-state index contributed by atoms with van der Waals surface area (Å²) in [4.78, 5) is 13.0. The van der Waals surface area contributed by atoms with Gasteiger partial charge in [-0.25, -0.2) is 4.79 Å². The SMILES string of the molecule is CCN1CCC(OC(=O)I)CC1. The van der Waals surface area contributed by atoms with Gasteiger partial charge in [0.05, 0.1) is 22.6 Å². The zero-order chi connectivity index (χ0) is 8.97. The number of rotatable bonds is 2. The van der Waals surface area contributed by atoms with Crippen LogP contribution in [0.3, 0.4) is 0 Å². The smallest absolute Gasteiger partial charge is 0.367 e. The summed E-state index contributed by atoms with van der Waals surface area (Å²) in [5.74, 6) is 0. The molecule has 0 aliphatic carbocycles. The van der Waals surface area contributed by atoms with Gasteiger partial charge in [0.1, 0.15) is 6.10 Å². The van der Waals surface area contributed by atoms with Crippen molar-refractivity contribution in [2.75, 3.05) is 19.6 Å². The van der Waals surface area contributed by atoms with Crippen LogP contribution in [0.2, 0.25) is 0 Å². The van der Waals surface area contributed by atoms with Crippen LogP contribution in [0.5, 0.6) is 0 Å². The second-order valence-electron chi connectivity index (χ2n) is 2.99. The average Bonchev–Trinajstić information content (AvgIpc) is 2.05. The second kappa shape index (κ2) is 5.01. The molecule has 0 unspecified atom stereocenters. The van der Waals surface area contributed by atoms with Crippen molar-refractivity contribution in [2.24, 2.45) is 0 Å². The molecule has 12 heavy (non-hydrogen) atoms. The zero-order valence-electron chi connectivity index (χ0n) is 7.25. The molecule has 0 saturated carbocycles. The number of halogens is 1. The summed E-state index contributed by atoms with van der Waals surface area (Å²) >= 11 is 1.68. The fourth-order valence-corrected chi connectivity index (χ4v) is 1.83. The molecule has 1 aliphatic heterocycles. The first-order valence-electron chi connectivity index (χ1n) is 4.31. The molecule has 0 aromatic carbocycles. The van der Waals surface area contributed by atoms with Crippen molar-refractivity contribution in [2.45, 2.75) is 25.9 Å². The fourth-order valence-electron chi connectivity index (χ4n) is 1.47. The van der Waals surface area contributed by atoms with Crippen molar-refractivity contribution in [1.82, 2.24) is 4.90 Å². The quantitative estimate of drug-likeness (QED) is 0.574. The number of hydrogen-bond donors (Lipinski definition) is 0. The first-order chi connectivity index (χ1) is 5.72. The Bertz CT molecular complexity index is 155. The minimum absolute atomic E-state index is 0.164. The lowest BCUT2D eigenvalue weighted by Crippen LogP contribution is -2.36. The summed E-state index contributed by atoms with van der Waals surface area (Å²) in [5.41, 5.74) is 0. The van der Waals surface area contributed by atoms with Crippen molar-refractivity contribution < 1.29 is 9.53 Å². The summed E-state index contributed by atoms with van der Waals surface area (Å²) in [6, 6.07) is 0. The van der Waals surface area contributed by atoms with Gasteiger partial charge in [-0.2, -0.15) is 0 Å². The first-order valence-corrected chi connectivity index (χ1v) is 5.38. The maximum Gasteiger partial charge on any atom is 0.367 e. The van der Waals surface area contributed by atoms with Gasteiger partial charge in [0, 0.05) is 13.1 Å². The second-order valence-corrected chi connectivity index (χ2v) is 3.87. The minimum Gasteiger partial charge on any atom is -0.455 e. The number of likely N-dealkylation sites (tertiary alicyclic amines) is 1. The Labute approximate surface area is 86.6 Å². The van der Waals surface area contributed by atoms with Crippen LogP contribution < -0.4 is 0 Å². The summed E-state index contributed by atoms with van der Waals surface area (Å²) < 4.78 is 4.93. The lowest BCUT2D eigenvalue weighted by atomic mass is 10.1. The molecular weight excluding hydrogens is 269 g/mol. The van der Waals surface area contributed by atoms with Gasteiger partial charge in [0.15, 0.2) is 0 Å². The number of carbonyl (C=O) groups is 1. The number of nitrogens with zero attached hydrogens (tertiary/aromatic N) is 1. The molecule has 1 aliphatic rings. The van der Waals surface area contributed by atoms with Crippen LogP contribution in [-0.2, 0) is 4.74 Å². The van der Waals surface area contributed by atoms with Crippen LogP contribution in [-0.4, -0.2) is 34.6 Å². The van der Waals surface area contributed by atoms with Crippen LogP contribution in [0.25, 0.3) is 0 Å². The van der Waals surface area contributed by atoms with Crippen molar-refractivity contribution in [3.8, 4) is 0 Å². The Balaban J connectivity index is 2.21. The topological polar surface area (TPSA) is 29.5 Å². The summed E-state index contributed by atoms with van der Waals surface area (Å²) in [6.07, 6.45) is 2.14. The van der Waals surface area contributed by atoms with E-state index >= 15 is 0 Å². The maximum absolute atomic E-state index is 10.6. The summed E-state index contributed by atoms with van der Waals surface area (Å²) in [6.45, 7) is 5.38. The van der Waals surface area contributed by atoms with Gasteiger partial charge in [0.25, 0.3) is 0 Å². The molecule has 1 rings (SSSR count). The molecule has 0 spiro atoms. The molecule has 0 atom stereocenters. The van der Waals surface area contributed by atoms with E-state index in [1.807, 2.05) is 0 Å². The highest BCUT2D eigenvalue weighted by molar-refractivity contribution is 14.1. The molecule has 0 bridgehead atoms. The van der Waals surface area contributed by atoms with Crippen LogP contribution in [0.15, 0.2) is 0 Å². The first kappa shape index (κ1) is 10.2. The highest BCUT2D eigenvalue weighted by Crippen LogP contribution is 2.14. The number of hydrogen-bond acceptors (Lipinski definition) is 3. The van der Waals surface area contributed by atoms with Crippen molar-refractivity contribution >= 4 is 26.6 Å².